The lowest BCUT2D eigenvalue weighted by molar-refractivity contribution is -0.119. The van der Waals surface area contributed by atoms with E-state index in [4.69, 9.17) is 0 Å². The van der Waals surface area contributed by atoms with E-state index in [0.29, 0.717) is 26.1 Å². The molecular formula is C17H22N4O3S. The first-order chi connectivity index (χ1) is 12.0. The molecule has 1 aliphatic heterocycles. The van der Waals surface area contributed by atoms with Gasteiger partial charge in [0.1, 0.15) is 6.54 Å². The lowest BCUT2D eigenvalue weighted by Crippen LogP contribution is -2.32. The Hall–Kier alpha value is -2.19. The molecule has 0 unspecified atom stereocenters. The molecule has 134 valence electrons. The highest BCUT2D eigenvalue weighted by Gasteiger charge is 2.28. The monoisotopic (exact) mass is 362 g/mol. The number of fused-ring (bicyclic) bond motifs is 1. The summed E-state index contributed by atoms with van der Waals surface area (Å²) in [6.07, 6.45) is 4.03. The summed E-state index contributed by atoms with van der Waals surface area (Å²) in [5.74, 6) is -0.0539. The van der Waals surface area contributed by atoms with E-state index in [1.54, 1.807) is 46.2 Å². The van der Waals surface area contributed by atoms with Crippen LogP contribution in [-0.4, -0.2) is 48.0 Å². The van der Waals surface area contributed by atoms with Crippen LogP contribution < -0.4 is 4.90 Å². The summed E-state index contributed by atoms with van der Waals surface area (Å²) < 4.78 is 28.3. The van der Waals surface area contributed by atoms with E-state index >= 15 is 0 Å². The molecule has 0 saturated heterocycles. The third-order valence-electron chi connectivity index (χ3n) is 4.45. The van der Waals surface area contributed by atoms with Crippen LogP contribution in [0.5, 0.6) is 0 Å². The summed E-state index contributed by atoms with van der Waals surface area (Å²) in [6, 6.07) is 6.80. The lowest BCUT2D eigenvalue weighted by atomic mass is 10.2. The minimum absolute atomic E-state index is 0.0539. The van der Waals surface area contributed by atoms with Crippen LogP contribution in [0.4, 0.5) is 5.69 Å². The summed E-state index contributed by atoms with van der Waals surface area (Å²) in [5, 5.41) is 4.05. The standard InChI is InChI=1S/C17H22N4O3S/c1-3-20(4-2)25(23,24)15-6-7-16-14(12-15)8-11-21(16)17(22)13-19-10-5-9-18-19/h5-7,9-10,12H,3-4,8,11,13H2,1-2H3. The number of rotatable bonds is 6. The van der Waals surface area contributed by atoms with Gasteiger partial charge in [0, 0.05) is 37.7 Å². The Balaban J connectivity index is 1.84. The second kappa shape index (κ2) is 6.97. The Morgan fingerprint density at radius 2 is 2.04 bits per heavy atom. The van der Waals surface area contributed by atoms with Crippen molar-refractivity contribution in [3.8, 4) is 0 Å². The molecule has 8 heteroatoms. The molecule has 0 saturated carbocycles. The van der Waals surface area contributed by atoms with Crippen molar-refractivity contribution in [3.63, 3.8) is 0 Å². The van der Waals surface area contributed by atoms with Crippen molar-refractivity contribution >= 4 is 21.6 Å². The van der Waals surface area contributed by atoms with Crippen molar-refractivity contribution in [2.75, 3.05) is 24.5 Å². The number of hydrogen-bond donors (Lipinski definition) is 0. The third-order valence-corrected chi connectivity index (χ3v) is 6.49. The molecule has 25 heavy (non-hydrogen) atoms. The molecule has 2 heterocycles. The Labute approximate surface area is 147 Å². The number of sulfonamides is 1. The highest BCUT2D eigenvalue weighted by atomic mass is 32.2. The van der Waals surface area contributed by atoms with Gasteiger partial charge in [-0.3, -0.25) is 9.48 Å². The number of benzene rings is 1. The molecule has 2 aromatic rings. The largest absolute Gasteiger partial charge is 0.310 e. The maximum Gasteiger partial charge on any atom is 0.248 e. The van der Waals surface area contributed by atoms with Gasteiger partial charge in [-0.1, -0.05) is 13.8 Å². The molecule has 0 fully saturated rings. The Morgan fingerprint density at radius 1 is 1.28 bits per heavy atom. The van der Waals surface area contributed by atoms with Crippen molar-refractivity contribution in [3.05, 3.63) is 42.2 Å². The fourth-order valence-corrected chi connectivity index (χ4v) is 4.64. The van der Waals surface area contributed by atoms with Gasteiger partial charge in [0.15, 0.2) is 0 Å². The summed E-state index contributed by atoms with van der Waals surface area (Å²) in [4.78, 5) is 14.5. The zero-order valence-corrected chi connectivity index (χ0v) is 15.2. The van der Waals surface area contributed by atoms with E-state index < -0.39 is 10.0 Å². The van der Waals surface area contributed by atoms with E-state index in [1.807, 2.05) is 13.8 Å². The fraction of sp³-hybridized carbons (Fsp3) is 0.412. The van der Waals surface area contributed by atoms with Crippen LogP contribution in [0.25, 0.3) is 0 Å². The highest BCUT2D eigenvalue weighted by Crippen LogP contribution is 2.31. The fourth-order valence-electron chi connectivity index (χ4n) is 3.13. The van der Waals surface area contributed by atoms with Crippen LogP contribution in [0, 0.1) is 0 Å². The molecule has 1 aliphatic rings. The van der Waals surface area contributed by atoms with Crippen LogP contribution in [0.2, 0.25) is 0 Å². The summed E-state index contributed by atoms with van der Waals surface area (Å²) in [5.41, 5.74) is 1.68. The van der Waals surface area contributed by atoms with Gasteiger partial charge in [0.2, 0.25) is 15.9 Å². The van der Waals surface area contributed by atoms with E-state index in [9.17, 15) is 13.2 Å². The maximum atomic E-state index is 12.7. The predicted octanol–water partition coefficient (Wildman–Crippen LogP) is 1.50. The minimum Gasteiger partial charge on any atom is -0.310 e. The number of hydrogen-bond acceptors (Lipinski definition) is 4. The molecule has 7 nitrogen and oxygen atoms in total. The topological polar surface area (TPSA) is 75.5 Å². The first-order valence-electron chi connectivity index (χ1n) is 8.38. The van der Waals surface area contributed by atoms with Gasteiger partial charge in [0.25, 0.3) is 0 Å². The Morgan fingerprint density at radius 3 is 2.68 bits per heavy atom. The van der Waals surface area contributed by atoms with E-state index in [0.717, 1.165) is 11.3 Å². The van der Waals surface area contributed by atoms with Crippen molar-refractivity contribution in [2.45, 2.75) is 31.7 Å². The van der Waals surface area contributed by atoms with Gasteiger partial charge in [-0.05, 0) is 36.2 Å². The highest BCUT2D eigenvalue weighted by molar-refractivity contribution is 7.89. The van der Waals surface area contributed by atoms with Crippen LogP contribution in [-0.2, 0) is 27.8 Å². The quantitative estimate of drug-likeness (QED) is 0.780. The lowest BCUT2D eigenvalue weighted by Gasteiger charge is -2.20. The molecule has 1 amide bonds. The van der Waals surface area contributed by atoms with Gasteiger partial charge < -0.3 is 4.90 Å². The normalized spacial score (nSPS) is 14.1. The van der Waals surface area contributed by atoms with Gasteiger partial charge in [0.05, 0.1) is 4.90 Å². The van der Waals surface area contributed by atoms with E-state index in [1.165, 1.54) is 4.31 Å². The number of aromatic nitrogens is 2. The maximum absolute atomic E-state index is 12.7. The average molecular weight is 362 g/mol. The van der Waals surface area contributed by atoms with Crippen molar-refractivity contribution in [1.82, 2.24) is 14.1 Å². The Bertz CT molecular complexity index is 858. The second-order valence-electron chi connectivity index (χ2n) is 5.88. The average Bonchev–Trinajstić information content (AvgIpc) is 3.24. The summed E-state index contributed by atoms with van der Waals surface area (Å²) in [7, 11) is -3.49. The summed E-state index contributed by atoms with van der Waals surface area (Å²) in [6.45, 7) is 5.25. The molecule has 3 rings (SSSR count). The molecule has 0 radical (unpaired) electrons. The number of amides is 1. The Kier molecular flexibility index (Phi) is 4.91. The van der Waals surface area contributed by atoms with Crippen LogP contribution in [0.15, 0.2) is 41.6 Å². The smallest absolute Gasteiger partial charge is 0.248 e. The first kappa shape index (κ1) is 17.6. The van der Waals surface area contributed by atoms with Crippen LogP contribution in [0.3, 0.4) is 0 Å². The molecule has 0 atom stereocenters. The van der Waals surface area contributed by atoms with Crippen LogP contribution >= 0.6 is 0 Å². The molecule has 0 spiro atoms. The molecule has 0 aliphatic carbocycles. The first-order valence-corrected chi connectivity index (χ1v) is 9.82. The second-order valence-corrected chi connectivity index (χ2v) is 7.82. The molecule has 0 bridgehead atoms. The molecule has 0 N–H and O–H groups in total. The molecular weight excluding hydrogens is 340 g/mol. The van der Waals surface area contributed by atoms with Gasteiger partial charge in [-0.15, -0.1) is 0 Å². The van der Waals surface area contributed by atoms with Gasteiger partial charge in [-0.25, -0.2) is 8.42 Å². The van der Waals surface area contributed by atoms with E-state index in [2.05, 4.69) is 5.10 Å². The number of carbonyl (C=O) groups is 1. The zero-order chi connectivity index (χ0) is 18.0. The van der Waals surface area contributed by atoms with Gasteiger partial charge in [-0.2, -0.15) is 9.40 Å². The predicted molar refractivity (Wildman–Crippen MR) is 94.8 cm³/mol. The molecule has 1 aromatic carbocycles. The number of anilines is 1. The molecule has 1 aromatic heterocycles. The van der Waals surface area contributed by atoms with E-state index in [-0.39, 0.29) is 17.3 Å². The van der Waals surface area contributed by atoms with Crippen molar-refractivity contribution in [2.24, 2.45) is 0 Å². The zero-order valence-electron chi connectivity index (χ0n) is 14.4. The van der Waals surface area contributed by atoms with Crippen LogP contribution in [0.1, 0.15) is 19.4 Å². The number of carbonyl (C=O) groups excluding carboxylic acids is 1. The van der Waals surface area contributed by atoms with Crippen molar-refractivity contribution in [1.29, 1.82) is 0 Å². The van der Waals surface area contributed by atoms with Crippen molar-refractivity contribution < 1.29 is 13.2 Å². The SMILES string of the molecule is CCN(CC)S(=O)(=O)c1ccc2c(c1)CCN2C(=O)Cn1cccn1. The number of nitrogens with zero attached hydrogens (tertiary/aromatic N) is 4. The third kappa shape index (κ3) is 3.32. The minimum atomic E-state index is -3.49. The van der Waals surface area contributed by atoms with Gasteiger partial charge >= 0.3 is 0 Å². The summed E-state index contributed by atoms with van der Waals surface area (Å²) >= 11 is 0.